The molecule has 0 fully saturated rings. The van der Waals surface area contributed by atoms with Gasteiger partial charge in [0.2, 0.25) is 0 Å². The number of rotatable bonds is 3. The molecular weight excluding hydrogens is 259 g/mol. The summed E-state index contributed by atoms with van der Waals surface area (Å²) in [6.45, 7) is 2.02. The quantitative estimate of drug-likeness (QED) is 0.831. The van der Waals surface area contributed by atoms with E-state index in [1.54, 1.807) is 12.1 Å². The summed E-state index contributed by atoms with van der Waals surface area (Å²) in [7, 11) is 0. The Morgan fingerprint density at radius 3 is 2.53 bits per heavy atom. The second-order valence-electron chi connectivity index (χ2n) is 4.24. The van der Waals surface area contributed by atoms with Crippen LogP contribution in [0.15, 0.2) is 54.6 Å². The zero-order valence-electron chi connectivity index (χ0n) is 10.6. The number of hydrogen-bond donors (Lipinski definition) is 2. The molecule has 0 amide bonds. The van der Waals surface area contributed by atoms with Crippen molar-refractivity contribution in [3.05, 3.63) is 66.0 Å². The van der Waals surface area contributed by atoms with Gasteiger partial charge in [0.05, 0.1) is 6.04 Å². The van der Waals surface area contributed by atoms with Crippen LogP contribution in [0.1, 0.15) is 18.5 Å². The highest BCUT2D eigenvalue weighted by Crippen LogP contribution is 2.13. The first-order valence-corrected chi connectivity index (χ1v) is 6.44. The lowest BCUT2D eigenvalue weighted by molar-refractivity contribution is 0.628. The summed E-state index contributed by atoms with van der Waals surface area (Å²) in [5.74, 6) is -0.288. The van der Waals surface area contributed by atoms with Crippen molar-refractivity contribution in [3.8, 4) is 0 Å². The van der Waals surface area contributed by atoms with Gasteiger partial charge in [0.1, 0.15) is 5.82 Å². The van der Waals surface area contributed by atoms with Crippen LogP contribution in [0.4, 0.5) is 10.1 Å². The van der Waals surface area contributed by atoms with Gasteiger partial charge in [-0.05, 0) is 42.9 Å². The molecule has 0 bridgehead atoms. The summed E-state index contributed by atoms with van der Waals surface area (Å²) in [6, 6.07) is 16.3. The highest BCUT2D eigenvalue weighted by Gasteiger charge is 2.06. The molecule has 0 aliphatic heterocycles. The summed E-state index contributed by atoms with van der Waals surface area (Å²) < 4.78 is 13.0. The lowest BCUT2D eigenvalue weighted by Crippen LogP contribution is -2.30. The minimum absolute atomic E-state index is 0.0924. The Morgan fingerprint density at radius 1 is 1.11 bits per heavy atom. The molecule has 2 nitrogen and oxygen atoms in total. The van der Waals surface area contributed by atoms with E-state index in [1.165, 1.54) is 12.1 Å². The molecule has 0 aromatic heterocycles. The van der Waals surface area contributed by atoms with Gasteiger partial charge in [-0.15, -0.1) is 0 Å². The first-order chi connectivity index (χ1) is 9.15. The van der Waals surface area contributed by atoms with Gasteiger partial charge in [-0.2, -0.15) is 0 Å². The highest BCUT2D eigenvalue weighted by atomic mass is 32.1. The van der Waals surface area contributed by atoms with Gasteiger partial charge >= 0.3 is 0 Å². The second kappa shape index (κ2) is 6.29. The fourth-order valence-electron chi connectivity index (χ4n) is 1.76. The topological polar surface area (TPSA) is 24.1 Å². The molecule has 98 valence electrons. The summed E-state index contributed by atoms with van der Waals surface area (Å²) in [5, 5.41) is 6.60. The number of thiocarbonyl (C=S) groups is 1. The Hall–Kier alpha value is -1.94. The van der Waals surface area contributed by atoms with E-state index < -0.39 is 0 Å². The van der Waals surface area contributed by atoms with Crippen LogP contribution in [0, 0.1) is 5.82 Å². The molecule has 0 radical (unpaired) electrons. The second-order valence-corrected chi connectivity index (χ2v) is 4.65. The predicted molar refractivity (Wildman–Crippen MR) is 80.6 cm³/mol. The summed E-state index contributed by atoms with van der Waals surface area (Å²) in [6.07, 6.45) is 0. The lowest BCUT2D eigenvalue weighted by Gasteiger charge is -2.17. The van der Waals surface area contributed by atoms with Crippen LogP contribution in [0.5, 0.6) is 0 Å². The normalized spacial score (nSPS) is 11.7. The van der Waals surface area contributed by atoms with Gasteiger partial charge in [0.15, 0.2) is 5.11 Å². The van der Waals surface area contributed by atoms with E-state index in [0.29, 0.717) is 10.8 Å². The van der Waals surface area contributed by atoms with Gasteiger partial charge in [-0.3, -0.25) is 0 Å². The molecule has 0 spiro atoms. The van der Waals surface area contributed by atoms with Crippen LogP contribution in [0.3, 0.4) is 0 Å². The highest BCUT2D eigenvalue weighted by molar-refractivity contribution is 7.80. The Kier molecular flexibility index (Phi) is 4.47. The Morgan fingerprint density at radius 2 is 1.84 bits per heavy atom. The summed E-state index contributed by atoms with van der Waals surface area (Å²) in [4.78, 5) is 0. The fraction of sp³-hybridized carbons (Fsp3) is 0.133. The fourth-order valence-corrected chi connectivity index (χ4v) is 2.05. The van der Waals surface area contributed by atoms with Crippen molar-refractivity contribution in [2.75, 3.05) is 5.32 Å². The minimum atomic E-state index is -0.288. The van der Waals surface area contributed by atoms with Gasteiger partial charge < -0.3 is 10.6 Å². The number of anilines is 1. The van der Waals surface area contributed by atoms with Crippen molar-refractivity contribution in [1.29, 1.82) is 0 Å². The molecular formula is C15H15FN2S. The van der Waals surface area contributed by atoms with E-state index in [9.17, 15) is 4.39 Å². The average Bonchev–Trinajstić information content (AvgIpc) is 2.39. The van der Waals surface area contributed by atoms with Crippen LogP contribution in [-0.4, -0.2) is 5.11 Å². The standard InChI is InChI=1S/C15H15FN2S/c1-11(12-6-3-2-4-7-12)17-15(19)18-14-9-5-8-13(16)10-14/h2-11H,1H3,(H2,17,18,19)/t11-/m1/s1. The Bertz CT molecular complexity index is 557. The average molecular weight is 274 g/mol. The lowest BCUT2D eigenvalue weighted by atomic mass is 10.1. The van der Waals surface area contributed by atoms with E-state index in [2.05, 4.69) is 10.6 Å². The molecule has 4 heteroatoms. The van der Waals surface area contributed by atoms with Gasteiger partial charge in [-0.25, -0.2) is 4.39 Å². The molecule has 0 aliphatic carbocycles. The first kappa shape index (κ1) is 13.5. The largest absolute Gasteiger partial charge is 0.356 e. The van der Waals surface area contributed by atoms with Crippen molar-refractivity contribution in [1.82, 2.24) is 5.32 Å². The van der Waals surface area contributed by atoms with E-state index in [-0.39, 0.29) is 11.9 Å². The van der Waals surface area contributed by atoms with Crippen molar-refractivity contribution in [2.45, 2.75) is 13.0 Å². The monoisotopic (exact) mass is 274 g/mol. The van der Waals surface area contributed by atoms with Crippen molar-refractivity contribution >= 4 is 23.0 Å². The van der Waals surface area contributed by atoms with E-state index >= 15 is 0 Å². The van der Waals surface area contributed by atoms with Crippen LogP contribution < -0.4 is 10.6 Å². The number of benzene rings is 2. The molecule has 0 unspecified atom stereocenters. The molecule has 0 aliphatic rings. The third kappa shape index (κ3) is 4.03. The third-order valence-electron chi connectivity index (χ3n) is 2.73. The maximum Gasteiger partial charge on any atom is 0.171 e. The van der Waals surface area contributed by atoms with Gasteiger partial charge in [-0.1, -0.05) is 36.4 Å². The van der Waals surface area contributed by atoms with E-state index in [0.717, 1.165) is 5.56 Å². The zero-order valence-corrected chi connectivity index (χ0v) is 11.4. The van der Waals surface area contributed by atoms with Crippen LogP contribution in [0.2, 0.25) is 0 Å². The number of hydrogen-bond acceptors (Lipinski definition) is 1. The Labute approximate surface area is 117 Å². The van der Waals surface area contributed by atoms with Gasteiger partial charge in [0, 0.05) is 5.69 Å². The van der Waals surface area contributed by atoms with Crippen molar-refractivity contribution in [2.24, 2.45) is 0 Å². The maximum atomic E-state index is 13.0. The van der Waals surface area contributed by atoms with Crippen LogP contribution in [-0.2, 0) is 0 Å². The molecule has 2 rings (SSSR count). The molecule has 19 heavy (non-hydrogen) atoms. The molecule has 0 saturated heterocycles. The Balaban J connectivity index is 1.95. The SMILES string of the molecule is C[C@@H](NC(=S)Nc1cccc(F)c1)c1ccccc1. The molecule has 2 aromatic carbocycles. The zero-order chi connectivity index (χ0) is 13.7. The first-order valence-electron chi connectivity index (χ1n) is 6.03. The molecule has 0 saturated carbocycles. The maximum absolute atomic E-state index is 13.0. The van der Waals surface area contributed by atoms with Crippen LogP contribution in [0.25, 0.3) is 0 Å². The predicted octanol–water partition coefficient (Wildman–Crippen LogP) is 3.87. The summed E-state index contributed by atoms with van der Waals surface area (Å²) in [5.41, 5.74) is 1.78. The molecule has 0 heterocycles. The van der Waals surface area contributed by atoms with Crippen molar-refractivity contribution in [3.63, 3.8) is 0 Å². The van der Waals surface area contributed by atoms with Crippen molar-refractivity contribution < 1.29 is 4.39 Å². The molecule has 2 aromatic rings. The number of nitrogens with one attached hydrogen (secondary N) is 2. The molecule has 2 N–H and O–H groups in total. The van der Waals surface area contributed by atoms with E-state index in [4.69, 9.17) is 12.2 Å². The summed E-state index contributed by atoms with van der Waals surface area (Å²) >= 11 is 5.21. The smallest absolute Gasteiger partial charge is 0.171 e. The number of halogens is 1. The molecule has 1 atom stereocenters. The van der Waals surface area contributed by atoms with E-state index in [1.807, 2.05) is 37.3 Å². The third-order valence-corrected chi connectivity index (χ3v) is 2.95. The van der Waals surface area contributed by atoms with Crippen LogP contribution >= 0.6 is 12.2 Å². The minimum Gasteiger partial charge on any atom is -0.356 e. The van der Waals surface area contributed by atoms with Gasteiger partial charge in [0.25, 0.3) is 0 Å².